The molecule has 0 saturated carbocycles. The van der Waals surface area contributed by atoms with Gasteiger partial charge in [-0.3, -0.25) is 9.69 Å². The summed E-state index contributed by atoms with van der Waals surface area (Å²) in [7, 11) is 1.34. The summed E-state index contributed by atoms with van der Waals surface area (Å²) >= 11 is 0. The minimum Gasteiger partial charge on any atom is -0.465 e. The molecule has 25 heavy (non-hydrogen) atoms. The van der Waals surface area contributed by atoms with Crippen molar-refractivity contribution in [1.82, 2.24) is 10.2 Å². The van der Waals surface area contributed by atoms with Crippen LogP contribution >= 0.6 is 0 Å². The molecule has 130 valence electrons. The predicted octanol–water partition coefficient (Wildman–Crippen LogP) is 2.48. The van der Waals surface area contributed by atoms with E-state index >= 15 is 0 Å². The number of amides is 1. The third-order valence-corrected chi connectivity index (χ3v) is 4.42. The monoisotopic (exact) mass is 338 g/mol. The highest BCUT2D eigenvalue weighted by Crippen LogP contribution is 2.14. The van der Waals surface area contributed by atoms with Crippen molar-refractivity contribution in [3.8, 4) is 0 Å². The first-order chi connectivity index (χ1) is 12.2. The maximum Gasteiger partial charge on any atom is 0.337 e. The van der Waals surface area contributed by atoms with E-state index in [4.69, 9.17) is 0 Å². The molecule has 5 nitrogen and oxygen atoms in total. The fourth-order valence-electron chi connectivity index (χ4n) is 3.08. The normalized spacial score (nSPS) is 17.2. The van der Waals surface area contributed by atoms with Crippen LogP contribution in [0.25, 0.3) is 0 Å². The van der Waals surface area contributed by atoms with Crippen molar-refractivity contribution in [3.63, 3.8) is 0 Å². The third-order valence-electron chi connectivity index (χ3n) is 4.42. The fourth-order valence-corrected chi connectivity index (χ4v) is 3.08. The second kappa shape index (κ2) is 7.94. The molecule has 1 aliphatic heterocycles. The highest BCUT2D eigenvalue weighted by atomic mass is 16.5. The van der Waals surface area contributed by atoms with Crippen LogP contribution in [0.15, 0.2) is 54.6 Å². The molecule has 2 aromatic carbocycles. The number of methoxy groups -OCH3 is 1. The molecule has 1 N–H and O–H groups in total. The van der Waals surface area contributed by atoms with Crippen molar-refractivity contribution in [1.29, 1.82) is 0 Å². The molecule has 1 aliphatic rings. The zero-order valence-corrected chi connectivity index (χ0v) is 14.3. The molecule has 1 unspecified atom stereocenters. The molecule has 1 heterocycles. The van der Waals surface area contributed by atoms with Crippen LogP contribution in [0.3, 0.4) is 0 Å². The molecule has 3 rings (SSSR count). The van der Waals surface area contributed by atoms with E-state index in [-0.39, 0.29) is 11.9 Å². The molecule has 0 radical (unpaired) electrons. The molecule has 2 aromatic rings. The summed E-state index contributed by atoms with van der Waals surface area (Å²) in [5.74, 6) is -0.512. The van der Waals surface area contributed by atoms with Crippen LogP contribution in [0.2, 0.25) is 0 Å². The summed E-state index contributed by atoms with van der Waals surface area (Å²) in [6.45, 7) is 2.73. The molecule has 0 aromatic heterocycles. The zero-order chi connectivity index (χ0) is 17.6. The lowest BCUT2D eigenvalue weighted by Gasteiger charge is -2.17. The summed E-state index contributed by atoms with van der Waals surface area (Å²) in [5.41, 5.74) is 2.27. The largest absolute Gasteiger partial charge is 0.465 e. The number of ether oxygens (including phenoxy) is 1. The fraction of sp³-hybridized carbons (Fsp3) is 0.300. The van der Waals surface area contributed by atoms with E-state index in [2.05, 4.69) is 27.1 Å². The van der Waals surface area contributed by atoms with Gasteiger partial charge >= 0.3 is 5.97 Å². The second-order valence-electron chi connectivity index (χ2n) is 6.25. The maximum atomic E-state index is 12.4. The molecule has 1 atom stereocenters. The van der Waals surface area contributed by atoms with Crippen LogP contribution < -0.4 is 5.32 Å². The van der Waals surface area contributed by atoms with Crippen molar-refractivity contribution in [2.45, 2.75) is 19.0 Å². The van der Waals surface area contributed by atoms with Crippen LogP contribution in [0.4, 0.5) is 0 Å². The van der Waals surface area contributed by atoms with Gasteiger partial charge in [-0.25, -0.2) is 4.79 Å². The van der Waals surface area contributed by atoms with Crippen molar-refractivity contribution in [2.24, 2.45) is 0 Å². The minimum absolute atomic E-state index is 0.108. The zero-order valence-electron chi connectivity index (χ0n) is 14.3. The predicted molar refractivity (Wildman–Crippen MR) is 95.4 cm³/mol. The Balaban J connectivity index is 1.52. The molecule has 5 heteroatoms. The van der Waals surface area contributed by atoms with Gasteiger partial charge in [0.2, 0.25) is 0 Å². The van der Waals surface area contributed by atoms with Crippen LogP contribution in [0, 0.1) is 0 Å². The van der Waals surface area contributed by atoms with Crippen molar-refractivity contribution in [2.75, 3.05) is 20.2 Å². The Bertz CT molecular complexity index is 728. The van der Waals surface area contributed by atoms with Crippen molar-refractivity contribution < 1.29 is 14.3 Å². The van der Waals surface area contributed by atoms with E-state index < -0.39 is 5.97 Å². The number of hydrogen-bond acceptors (Lipinski definition) is 4. The summed E-state index contributed by atoms with van der Waals surface area (Å²) in [4.78, 5) is 26.1. The van der Waals surface area contributed by atoms with Gasteiger partial charge in [0.05, 0.1) is 12.7 Å². The molecular formula is C20H22N2O3. The number of carbonyl (C=O) groups is 2. The molecular weight excluding hydrogens is 316 g/mol. The highest BCUT2D eigenvalue weighted by Gasteiger charge is 2.24. The Hall–Kier alpha value is -2.66. The molecule has 1 saturated heterocycles. The lowest BCUT2D eigenvalue weighted by molar-refractivity contribution is 0.0600. The molecule has 0 spiro atoms. The first-order valence-corrected chi connectivity index (χ1v) is 8.41. The summed E-state index contributed by atoms with van der Waals surface area (Å²) in [6.07, 6.45) is 0.943. The van der Waals surface area contributed by atoms with Gasteiger partial charge < -0.3 is 10.1 Å². The highest BCUT2D eigenvalue weighted by molar-refractivity contribution is 5.96. The van der Waals surface area contributed by atoms with Crippen LogP contribution in [-0.2, 0) is 11.3 Å². The average molecular weight is 338 g/mol. The minimum atomic E-state index is -0.403. The van der Waals surface area contributed by atoms with E-state index in [1.54, 1.807) is 24.3 Å². The Morgan fingerprint density at radius 3 is 2.44 bits per heavy atom. The molecule has 1 amide bonds. The first-order valence-electron chi connectivity index (χ1n) is 8.41. The van der Waals surface area contributed by atoms with E-state index in [1.807, 2.05) is 18.2 Å². The number of hydrogen-bond donors (Lipinski definition) is 1. The van der Waals surface area contributed by atoms with E-state index in [0.717, 1.165) is 26.1 Å². The van der Waals surface area contributed by atoms with Crippen LogP contribution in [0.1, 0.15) is 32.7 Å². The smallest absolute Gasteiger partial charge is 0.337 e. The van der Waals surface area contributed by atoms with Crippen LogP contribution in [-0.4, -0.2) is 43.0 Å². The van der Waals surface area contributed by atoms with Gasteiger partial charge in [-0.2, -0.15) is 0 Å². The first kappa shape index (κ1) is 17.2. The number of nitrogens with one attached hydrogen (secondary N) is 1. The number of esters is 1. The molecule has 0 aliphatic carbocycles. The third kappa shape index (κ3) is 4.45. The van der Waals surface area contributed by atoms with Gasteiger partial charge in [0, 0.05) is 31.2 Å². The standard InChI is InChI=1S/C20H22N2O3/c1-25-20(24)17-9-7-16(8-10-17)19(23)21-18-11-12-22(14-18)13-15-5-3-2-4-6-15/h2-10,18H,11-14H2,1H3,(H,21,23). The Morgan fingerprint density at radius 2 is 1.76 bits per heavy atom. The van der Waals surface area contributed by atoms with Gasteiger partial charge in [-0.05, 0) is 36.2 Å². The SMILES string of the molecule is COC(=O)c1ccc(C(=O)NC2CCN(Cc3ccccc3)C2)cc1. The number of benzene rings is 2. The number of likely N-dealkylation sites (tertiary alicyclic amines) is 1. The van der Waals surface area contributed by atoms with E-state index in [1.165, 1.54) is 12.7 Å². The van der Waals surface area contributed by atoms with Gasteiger partial charge in [-0.1, -0.05) is 30.3 Å². The van der Waals surface area contributed by atoms with E-state index in [0.29, 0.717) is 11.1 Å². The van der Waals surface area contributed by atoms with Crippen molar-refractivity contribution in [3.05, 3.63) is 71.3 Å². The van der Waals surface area contributed by atoms with E-state index in [9.17, 15) is 9.59 Å². The lowest BCUT2D eigenvalue weighted by Crippen LogP contribution is -2.37. The second-order valence-corrected chi connectivity index (χ2v) is 6.25. The Kier molecular flexibility index (Phi) is 5.46. The average Bonchev–Trinajstić information content (AvgIpc) is 3.08. The molecule has 1 fully saturated rings. The van der Waals surface area contributed by atoms with Gasteiger partial charge in [0.15, 0.2) is 0 Å². The number of carbonyl (C=O) groups excluding carboxylic acids is 2. The number of rotatable bonds is 5. The summed E-state index contributed by atoms with van der Waals surface area (Å²) in [5, 5.41) is 3.08. The van der Waals surface area contributed by atoms with Gasteiger partial charge in [-0.15, -0.1) is 0 Å². The summed E-state index contributed by atoms with van der Waals surface area (Å²) in [6, 6.07) is 17.0. The molecule has 0 bridgehead atoms. The summed E-state index contributed by atoms with van der Waals surface area (Å²) < 4.78 is 4.66. The van der Waals surface area contributed by atoms with Gasteiger partial charge in [0.25, 0.3) is 5.91 Å². The Morgan fingerprint density at radius 1 is 1.08 bits per heavy atom. The maximum absolute atomic E-state index is 12.4. The van der Waals surface area contributed by atoms with Crippen LogP contribution in [0.5, 0.6) is 0 Å². The topological polar surface area (TPSA) is 58.6 Å². The Labute approximate surface area is 147 Å². The van der Waals surface area contributed by atoms with Gasteiger partial charge in [0.1, 0.15) is 0 Å². The van der Waals surface area contributed by atoms with Crippen molar-refractivity contribution >= 4 is 11.9 Å². The quantitative estimate of drug-likeness (QED) is 0.851. The number of nitrogens with zero attached hydrogens (tertiary/aromatic N) is 1. The lowest BCUT2D eigenvalue weighted by atomic mass is 10.1.